The molecule has 0 saturated heterocycles. The Balaban J connectivity index is 1.40. The summed E-state index contributed by atoms with van der Waals surface area (Å²) in [7, 11) is 1.58. The average Bonchev–Trinajstić information content (AvgIpc) is 2.91. The third-order valence-electron chi connectivity index (χ3n) is 5.54. The normalized spacial score (nSPS) is 10.3. The molecule has 0 radical (unpaired) electrons. The topological polar surface area (TPSA) is 96.5 Å². The van der Waals surface area contributed by atoms with E-state index in [2.05, 4.69) is 16.0 Å². The zero-order valence-corrected chi connectivity index (χ0v) is 19.9. The maximum atomic E-state index is 12.8. The van der Waals surface area contributed by atoms with E-state index in [0.29, 0.717) is 39.5 Å². The average molecular weight is 480 g/mol. The highest BCUT2D eigenvalue weighted by Crippen LogP contribution is 2.20. The summed E-state index contributed by atoms with van der Waals surface area (Å²) in [6.45, 7) is 1.86. The lowest BCUT2D eigenvalue weighted by Crippen LogP contribution is -2.16. The van der Waals surface area contributed by atoms with Crippen molar-refractivity contribution in [1.82, 2.24) is 0 Å². The number of benzene rings is 4. The Morgan fingerprint density at radius 2 is 1.08 bits per heavy atom. The number of aryl methyl sites for hydroxylation is 1. The van der Waals surface area contributed by atoms with Crippen LogP contribution in [0.1, 0.15) is 36.6 Å². The standard InChI is InChI=1S/C29H25N3O4/c1-19-8-9-22(18-26(19)32-28(34)20-6-4-3-5-7-20)29(35)31-23-12-10-21(11-13-23)27(33)30-24-14-16-25(36-2)17-15-24/h3-18H,1-2H3,(H,30,33)(H,31,35)(H,32,34). The maximum absolute atomic E-state index is 12.8. The number of hydrogen-bond acceptors (Lipinski definition) is 4. The summed E-state index contributed by atoms with van der Waals surface area (Å²) in [5.74, 6) is -0.150. The van der Waals surface area contributed by atoms with Crippen LogP contribution in [0.2, 0.25) is 0 Å². The zero-order valence-electron chi connectivity index (χ0n) is 19.9. The van der Waals surface area contributed by atoms with Gasteiger partial charge in [-0.15, -0.1) is 0 Å². The lowest BCUT2D eigenvalue weighted by molar-refractivity contribution is 0.101. The van der Waals surface area contributed by atoms with Gasteiger partial charge in [0.05, 0.1) is 7.11 Å². The molecule has 4 aromatic rings. The van der Waals surface area contributed by atoms with Crippen molar-refractivity contribution in [1.29, 1.82) is 0 Å². The van der Waals surface area contributed by atoms with Gasteiger partial charge in [0, 0.05) is 33.8 Å². The van der Waals surface area contributed by atoms with E-state index in [1.807, 2.05) is 13.0 Å². The van der Waals surface area contributed by atoms with Crippen molar-refractivity contribution < 1.29 is 19.1 Å². The molecule has 0 saturated carbocycles. The Morgan fingerprint density at radius 3 is 1.69 bits per heavy atom. The van der Waals surface area contributed by atoms with Gasteiger partial charge >= 0.3 is 0 Å². The van der Waals surface area contributed by atoms with Gasteiger partial charge in [0.15, 0.2) is 0 Å². The molecular weight excluding hydrogens is 454 g/mol. The number of anilines is 3. The summed E-state index contributed by atoms with van der Waals surface area (Å²) in [6.07, 6.45) is 0. The molecule has 0 aliphatic heterocycles. The SMILES string of the molecule is COc1ccc(NC(=O)c2ccc(NC(=O)c3ccc(C)c(NC(=O)c4ccccc4)c3)cc2)cc1. The summed E-state index contributed by atoms with van der Waals surface area (Å²) in [5.41, 5.74) is 3.95. The molecule has 0 aliphatic rings. The molecule has 7 nitrogen and oxygen atoms in total. The van der Waals surface area contributed by atoms with Crippen LogP contribution >= 0.6 is 0 Å². The number of rotatable bonds is 7. The smallest absolute Gasteiger partial charge is 0.255 e. The molecule has 3 N–H and O–H groups in total. The third-order valence-corrected chi connectivity index (χ3v) is 5.54. The van der Waals surface area contributed by atoms with Gasteiger partial charge in [-0.25, -0.2) is 0 Å². The van der Waals surface area contributed by atoms with Gasteiger partial charge in [-0.05, 0) is 85.3 Å². The minimum atomic E-state index is -0.333. The van der Waals surface area contributed by atoms with Crippen molar-refractivity contribution in [3.05, 3.63) is 119 Å². The van der Waals surface area contributed by atoms with Crippen molar-refractivity contribution in [3.8, 4) is 5.75 Å². The molecule has 0 heterocycles. The van der Waals surface area contributed by atoms with Crippen molar-refractivity contribution in [2.45, 2.75) is 6.92 Å². The van der Waals surface area contributed by atoms with Crippen molar-refractivity contribution >= 4 is 34.8 Å². The molecule has 0 fully saturated rings. The van der Waals surface area contributed by atoms with Crippen LogP contribution in [0.5, 0.6) is 5.75 Å². The van der Waals surface area contributed by atoms with E-state index >= 15 is 0 Å². The van der Waals surface area contributed by atoms with Crippen LogP contribution in [-0.2, 0) is 0 Å². The van der Waals surface area contributed by atoms with Crippen LogP contribution in [0.4, 0.5) is 17.1 Å². The summed E-state index contributed by atoms with van der Waals surface area (Å²) in [5, 5.41) is 8.50. The zero-order chi connectivity index (χ0) is 25.5. The van der Waals surface area contributed by atoms with Crippen LogP contribution in [0.3, 0.4) is 0 Å². The van der Waals surface area contributed by atoms with E-state index in [9.17, 15) is 14.4 Å². The maximum Gasteiger partial charge on any atom is 0.255 e. The first-order chi connectivity index (χ1) is 17.4. The van der Waals surface area contributed by atoms with E-state index in [0.717, 1.165) is 5.56 Å². The van der Waals surface area contributed by atoms with Crippen molar-refractivity contribution in [3.63, 3.8) is 0 Å². The molecule has 3 amide bonds. The van der Waals surface area contributed by atoms with Crippen LogP contribution in [0.15, 0.2) is 97.1 Å². The molecule has 0 spiro atoms. The summed E-state index contributed by atoms with van der Waals surface area (Å²) in [6, 6.07) is 27.6. The Hall–Kier alpha value is -4.91. The summed E-state index contributed by atoms with van der Waals surface area (Å²) < 4.78 is 5.12. The summed E-state index contributed by atoms with van der Waals surface area (Å²) in [4.78, 5) is 37.9. The molecule has 0 unspecified atom stereocenters. The number of ether oxygens (including phenoxy) is 1. The number of carbonyl (C=O) groups excluding carboxylic acids is 3. The van der Waals surface area contributed by atoms with Gasteiger partial charge in [0.1, 0.15) is 5.75 Å². The first kappa shape index (κ1) is 24.2. The van der Waals surface area contributed by atoms with Gasteiger partial charge < -0.3 is 20.7 Å². The highest BCUT2D eigenvalue weighted by Gasteiger charge is 2.13. The van der Waals surface area contributed by atoms with Crippen LogP contribution in [-0.4, -0.2) is 24.8 Å². The van der Waals surface area contributed by atoms with Gasteiger partial charge in [0.2, 0.25) is 0 Å². The Labute approximate surface area is 209 Å². The predicted molar refractivity (Wildman–Crippen MR) is 141 cm³/mol. The lowest BCUT2D eigenvalue weighted by atomic mass is 10.1. The second kappa shape index (κ2) is 11.0. The van der Waals surface area contributed by atoms with Crippen LogP contribution in [0, 0.1) is 6.92 Å². The molecule has 36 heavy (non-hydrogen) atoms. The molecule has 4 aromatic carbocycles. The molecule has 0 atom stereocenters. The number of nitrogens with one attached hydrogen (secondary N) is 3. The van der Waals surface area contributed by atoms with E-state index in [-0.39, 0.29) is 17.7 Å². The lowest BCUT2D eigenvalue weighted by Gasteiger charge is -2.12. The third kappa shape index (κ3) is 5.95. The van der Waals surface area contributed by atoms with E-state index in [4.69, 9.17) is 4.74 Å². The Bertz CT molecular complexity index is 1380. The van der Waals surface area contributed by atoms with Crippen LogP contribution < -0.4 is 20.7 Å². The fourth-order valence-electron chi connectivity index (χ4n) is 3.47. The first-order valence-corrected chi connectivity index (χ1v) is 11.3. The largest absolute Gasteiger partial charge is 0.497 e. The van der Waals surface area contributed by atoms with Gasteiger partial charge in [-0.1, -0.05) is 24.3 Å². The van der Waals surface area contributed by atoms with E-state index in [1.54, 1.807) is 98.1 Å². The number of hydrogen-bond donors (Lipinski definition) is 3. The Kier molecular flexibility index (Phi) is 7.41. The second-order valence-electron chi connectivity index (χ2n) is 8.06. The van der Waals surface area contributed by atoms with Crippen molar-refractivity contribution in [2.24, 2.45) is 0 Å². The van der Waals surface area contributed by atoms with Crippen LogP contribution in [0.25, 0.3) is 0 Å². The minimum absolute atomic E-state index is 0.250. The summed E-state index contributed by atoms with van der Waals surface area (Å²) >= 11 is 0. The van der Waals surface area contributed by atoms with E-state index < -0.39 is 0 Å². The van der Waals surface area contributed by atoms with Gasteiger partial charge in [0.25, 0.3) is 17.7 Å². The molecule has 0 aliphatic carbocycles. The quantitative estimate of drug-likeness (QED) is 0.314. The number of amides is 3. The van der Waals surface area contributed by atoms with Crippen molar-refractivity contribution in [2.75, 3.05) is 23.1 Å². The second-order valence-corrected chi connectivity index (χ2v) is 8.06. The fraction of sp³-hybridized carbons (Fsp3) is 0.0690. The molecule has 0 bridgehead atoms. The minimum Gasteiger partial charge on any atom is -0.497 e. The molecule has 4 rings (SSSR count). The highest BCUT2D eigenvalue weighted by molar-refractivity contribution is 6.08. The molecular formula is C29H25N3O4. The van der Waals surface area contributed by atoms with Gasteiger partial charge in [-0.2, -0.15) is 0 Å². The molecule has 180 valence electrons. The number of carbonyl (C=O) groups is 3. The molecule has 0 aromatic heterocycles. The van der Waals surface area contributed by atoms with E-state index in [1.165, 1.54) is 0 Å². The fourth-order valence-corrected chi connectivity index (χ4v) is 3.47. The molecule has 7 heteroatoms. The monoisotopic (exact) mass is 479 g/mol. The predicted octanol–water partition coefficient (Wildman–Crippen LogP) is 5.76. The van der Waals surface area contributed by atoms with Gasteiger partial charge in [-0.3, -0.25) is 14.4 Å². The Morgan fingerprint density at radius 1 is 0.583 bits per heavy atom. The highest BCUT2D eigenvalue weighted by atomic mass is 16.5. The number of methoxy groups -OCH3 is 1. The first-order valence-electron chi connectivity index (χ1n) is 11.3.